The molecule has 2 amide bonds. The summed E-state index contributed by atoms with van der Waals surface area (Å²) in [5.41, 5.74) is 1.88. The quantitative estimate of drug-likeness (QED) is 0.637. The number of amides is 2. The second kappa shape index (κ2) is 8.73. The second-order valence-electron chi connectivity index (χ2n) is 5.34. The number of rotatable bonds is 6. The highest BCUT2D eigenvalue weighted by molar-refractivity contribution is 6.35. The molecule has 0 aromatic heterocycles. The minimum Gasteiger partial charge on any atom is -0.348 e. The van der Waals surface area contributed by atoms with E-state index in [4.69, 9.17) is 0 Å². The highest BCUT2D eigenvalue weighted by atomic mass is 16.2. The van der Waals surface area contributed by atoms with E-state index >= 15 is 0 Å². The lowest BCUT2D eigenvalue weighted by Gasteiger charge is -2.19. The van der Waals surface area contributed by atoms with Gasteiger partial charge in [0.25, 0.3) is 0 Å². The van der Waals surface area contributed by atoms with Crippen LogP contribution in [-0.2, 0) is 9.59 Å². The van der Waals surface area contributed by atoms with Crippen molar-refractivity contribution in [3.05, 3.63) is 71.8 Å². The van der Waals surface area contributed by atoms with E-state index in [0.717, 1.165) is 24.0 Å². The van der Waals surface area contributed by atoms with Crippen molar-refractivity contribution in [1.29, 1.82) is 0 Å². The lowest BCUT2D eigenvalue weighted by Crippen LogP contribution is -2.42. The Bertz CT molecular complexity index is 587. The van der Waals surface area contributed by atoms with Crippen LogP contribution in [0, 0.1) is 0 Å². The van der Waals surface area contributed by atoms with E-state index < -0.39 is 11.8 Å². The largest absolute Gasteiger partial charge is 0.348 e. The summed E-state index contributed by atoms with van der Waals surface area (Å²) in [5, 5.41) is 5.47. The lowest BCUT2D eigenvalue weighted by molar-refractivity contribution is -0.139. The highest BCUT2D eigenvalue weighted by Gasteiger charge is 2.20. The number of nitrogens with one attached hydrogen (secondary N) is 2. The molecule has 2 rings (SSSR count). The van der Waals surface area contributed by atoms with Crippen molar-refractivity contribution in [3.63, 3.8) is 0 Å². The summed E-state index contributed by atoms with van der Waals surface area (Å²) in [5.74, 6) is -1.20. The molecule has 0 unspecified atom stereocenters. The predicted octanol–water partition coefficient (Wildman–Crippen LogP) is 2.81. The van der Waals surface area contributed by atoms with Crippen molar-refractivity contribution in [3.8, 4) is 0 Å². The third-order valence-corrected chi connectivity index (χ3v) is 3.56. The van der Waals surface area contributed by atoms with Gasteiger partial charge in [0.05, 0.1) is 6.04 Å². The van der Waals surface area contributed by atoms with Crippen LogP contribution in [0.3, 0.4) is 0 Å². The smallest absolute Gasteiger partial charge is 0.310 e. The Morgan fingerprint density at radius 2 is 1.39 bits per heavy atom. The fourth-order valence-corrected chi connectivity index (χ4v) is 2.31. The number of carbonyl (C=O) groups is 2. The molecule has 0 radical (unpaired) electrons. The van der Waals surface area contributed by atoms with Gasteiger partial charge < -0.3 is 10.6 Å². The SMILES string of the molecule is CCCCNC(=O)C(=O)NC(c1ccccc1)c1ccccc1. The van der Waals surface area contributed by atoms with E-state index in [1.54, 1.807) is 0 Å². The molecule has 0 fully saturated rings. The first-order valence-corrected chi connectivity index (χ1v) is 7.91. The molecule has 4 nitrogen and oxygen atoms in total. The third-order valence-electron chi connectivity index (χ3n) is 3.56. The molecule has 2 aromatic rings. The molecular weight excluding hydrogens is 288 g/mol. The van der Waals surface area contributed by atoms with Gasteiger partial charge in [-0.1, -0.05) is 74.0 Å². The molecule has 0 spiro atoms. The van der Waals surface area contributed by atoms with E-state index in [1.807, 2.05) is 67.6 Å². The van der Waals surface area contributed by atoms with Crippen LogP contribution in [0.25, 0.3) is 0 Å². The van der Waals surface area contributed by atoms with Gasteiger partial charge in [0, 0.05) is 6.54 Å². The van der Waals surface area contributed by atoms with Gasteiger partial charge in [-0.15, -0.1) is 0 Å². The normalized spacial score (nSPS) is 10.3. The van der Waals surface area contributed by atoms with Crippen LogP contribution < -0.4 is 10.6 Å². The Kier molecular flexibility index (Phi) is 6.36. The first kappa shape index (κ1) is 16.7. The fraction of sp³-hybridized carbons (Fsp3) is 0.263. The zero-order chi connectivity index (χ0) is 16.5. The number of carbonyl (C=O) groups excluding carboxylic acids is 2. The average Bonchev–Trinajstić information content (AvgIpc) is 2.61. The molecular formula is C19H22N2O2. The van der Waals surface area contributed by atoms with Crippen LogP contribution in [0.15, 0.2) is 60.7 Å². The maximum atomic E-state index is 12.2. The van der Waals surface area contributed by atoms with Crippen LogP contribution in [0.2, 0.25) is 0 Å². The molecule has 0 bridgehead atoms. The van der Waals surface area contributed by atoms with Gasteiger partial charge in [0.1, 0.15) is 0 Å². The van der Waals surface area contributed by atoms with Gasteiger partial charge in [-0.3, -0.25) is 9.59 Å². The van der Waals surface area contributed by atoms with Gasteiger partial charge in [-0.25, -0.2) is 0 Å². The Hall–Kier alpha value is -2.62. The molecule has 0 aliphatic rings. The first-order chi connectivity index (χ1) is 11.2. The van der Waals surface area contributed by atoms with Crippen molar-refractivity contribution >= 4 is 11.8 Å². The minimum atomic E-state index is -0.612. The molecule has 0 saturated heterocycles. The number of benzene rings is 2. The van der Waals surface area contributed by atoms with Crippen molar-refractivity contribution < 1.29 is 9.59 Å². The molecule has 23 heavy (non-hydrogen) atoms. The van der Waals surface area contributed by atoms with Crippen molar-refractivity contribution in [2.24, 2.45) is 0 Å². The first-order valence-electron chi connectivity index (χ1n) is 7.91. The summed E-state index contributed by atoms with van der Waals surface area (Å²) in [6.45, 7) is 2.55. The zero-order valence-corrected chi connectivity index (χ0v) is 13.3. The van der Waals surface area contributed by atoms with Crippen LogP contribution in [0.5, 0.6) is 0 Å². The monoisotopic (exact) mass is 310 g/mol. The molecule has 0 saturated carbocycles. The Morgan fingerprint density at radius 3 is 1.87 bits per heavy atom. The summed E-state index contributed by atoms with van der Waals surface area (Å²) in [4.78, 5) is 24.1. The second-order valence-corrected chi connectivity index (χ2v) is 5.34. The van der Waals surface area contributed by atoms with Crippen LogP contribution in [0.1, 0.15) is 36.9 Å². The minimum absolute atomic E-state index is 0.346. The maximum Gasteiger partial charge on any atom is 0.310 e. The molecule has 0 aliphatic heterocycles. The van der Waals surface area contributed by atoms with Gasteiger partial charge in [0.2, 0.25) is 0 Å². The molecule has 0 atom stereocenters. The van der Waals surface area contributed by atoms with Crippen molar-refractivity contribution in [2.45, 2.75) is 25.8 Å². The van der Waals surface area contributed by atoms with Crippen LogP contribution in [0.4, 0.5) is 0 Å². The van der Waals surface area contributed by atoms with Gasteiger partial charge in [-0.2, -0.15) is 0 Å². The summed E-state index contributed by atoms with van der Waals surface area (Å²) in [6, 6.07) is 18.9. The average molecular weight is 310 g/mol. The highest BCUT2D eigenvalue weighted by Crippen LogP contribution is 2.21. The Balaban J connectivity index is 2.13. The molecule has 0 heterocycles. The maximum absolute atomic E-state index is 12.2. The van der Waals surface area contributed by atoms with E-state index in [-0.39, 0.29) is 6.04 Å². The fourth-order valence-electron chi connectivity index (χ4n) is 2.31. The lowest BCUT2D eigenvalue weighted by atomic mass is 9.99. The number of hydrogen-bond donors (Lipinski definition) is 2. The zero-order valence-electron chi connectivity index (χ0n) is 13.3. The van der Waals surface area contributed by atoms with Gasteiger partial charge in [0.15, 0.2) is 0 Å². The Morgan fingerprint density at radius 1 is 0.870 bits per heavy atom. The van der Waals surface area contributed by atoms with E-state index in [1.165, 1.54) is 0 Å². The number of hydrogen-bond acceptors (Lipinski definition) is 2. The molecule has 2 aromatic carbocycles. The van der Waals surface area contributed by atoms with E-state index in [0.29, 0.717) is 6.54 Å². The topological polar surface area (TPSA) is 58.2 Å². The molecule has 120 valence electrons. The summed E-state index contributed by atoms with van der Waals surface area (Å²) < 4.78 is 0. The third kappa shape index (κ3) is 4.95. The standard InChI is InChI=1S/C19H22N2O2/c1-2-3-14-20-18(22)19(23)21-17(15-10-6-4-7-11-15)16-12-8-5-9-13-16/h4-13,17H,2-3,14H2,1H3,(H,20,22)(H,21,23). The van der Waals surface area contributed by atoms with Crippen molar-refractivity contribution in [2.75, 3.05) is 6.54 Å². The van der Waals surface area contributed by atoms with E-state index in [9.17, 15) is 9.59 Å². The molecule has 2 N–H and O–H groups in total. The predicted molar refractivity (Wildman–Crippen MR) is 90.8 cm³/mol. The number of unbranched alkanes of at least 4 members (excludes halogenated alkanes) is 1. The van der Waals surface area contributed by atoms with Crippen LogP contribution >= 0.6 is 0 Å². The molecule has 4 heteroatoms. The molecule has 0 aliphatic carbocycles. The summed E-state index contributed by atoms with van der Waals surface area (Å²) >= 11 is 0. The van der Waals surface area contributed by atoms with Gasteiger partial charge in [-0.05, 0) is 17.5 Å². The van der Waals surface area contributed by atoms with Gasteiger partial charge >= 0.3 is 11.8 Å². The van der Waals surface area contributed by atoms with Crippen LogP contribution in [-0.4, -0.2) is 18.4 Å². The summed E-state index contributed by atoms with van der Waals surface area (Å²) in [6.07, 6.45) is 1.83. The van der Waals surface area contributed by atoms with E-state index in [2.05, 4.69) is 10.6 Å². The Labute approximate surface area is 136 Å². The van der Waals surface area contributed by atoms with Crippen molar-refractivity contribution in [1.82, 2.24) is 10.6 Å². The summed E-state index contributed by atoms with van der Waals surface area (Å²) in [7, 11) is 0.